The third-order valence-corrected chi connectivity index (χ3v) is 5.95. The van der Waals surface area contributed by atoms with Crippen LogP contribution in [0.15, 0.2) is 54.9 Å². The number of carbonyl (C=O) groups excluding carboxylic acids is 1. The van der Waals surface area contributed by atoms with Crippen LogP contribution in [0.3, 0.4) is 0 Å². The second-order valence-electron chi connectivity index (χ2n) is 7.78. The van der Waals surface area contributed by atoms with Crippen LogP contribution >= 0.6 is 0 Å². The lowest BCUT2D eigenvalue weighted by molar-refractivity contribution is 0.0678. The van der Waals surface area contributed by atoms with Crippen molar-refractivity contribution in [2.45, 2.75) is 38.9 Å². The molecular formula is C22H27N5O. The number of aromatic nitrogens is 2. The van der Waals surface area contributed by atoms with Gasteiger partial charge in [-0.15, -0.1) is 0 Å². The van der Waals surface area contributed by atoms with Gasteiger partial charge in [-0.25, -0.2) is 4.98 Å². The molecule has 0 aliphatic carbocycles. The molecule has 6 heteroatoms. The van der Waals surface area contributed by atoms with E-state index < -0.39 is 0 Å². The summed E-state index contributed by atoms with van der Waals surface area (Å²) in [6.45, 7) is 6.42. The van der Waals surface area contributed by atoms with Crippen molar-refractivity contribution < 1.29 is 4.79 Å². The highest BCUT2D eigenvalue weighted by Gasteiger charge is 2.37. The Labute approximate surface area is 165 Å². The number of carbonyl (C=O) groups is 1. The first kappa shape index (κ1) is 18.7. The fourth-order valence-electron chi connectivity index (χ4n) is 4.24. The molecule has 3 heterocycles. The van der Waals surface area contributed by atoms with Crippen molar-refractivity contribution in [1.82, 2.24) is 25.1 Å². The second-order valence-corrected chi connectivity index (χ2v) is 7.78. The molecule has 3 aromatic rings. The molecule has 1 amide bonds. The van der Waals surface area contributed by atoms with Gasteiger partial charge in [0, 0.05) is 49.0 Å². The third kappa shape index (κ3) is 3.30. The molecule has 0 bridgehead atoms. The maximum atomic E-state index is 13.1. The van der Waals surface area contributed by atoms with Crippen molar-refractivity contribution in [2.75, 3.05) is 7.05 Å². The molecule has 0 spiro atoms. The fraction of sp³-hybridized carbons (Fsp3) is 0.364. The molecule has 4 rings (SSSR count). The SMILES string of the molecule is CC1NNC(C)C1C(C)N(C)C(=O)c1ccc2nc(-c3ccccc3)cn2c1. The molecule has 0 saturated carbocycles. The van der Waals surface area contributed by atoms with E-state index in [2.05, 4.69) is 36.6 Å². The molecule has 3 atom stereocenters. The topological polar surface area (TPSA) is 61.7 Å². The number of nitrogens with zero attached hydrogens (tertiary/aromatic N) is 3. The number of pyridine rings is 1. The zero-order valence-electron chi connectivity index (χ0n) is 16.8. The maximum Gasteiger partial charge on any atom is 0.255 e. The first-order valence-electron chi connectivity index (χ1n) is 9.78. The zero-order chi connectivity index (χ0) is 19.8. The number of benzene rings is 1. The van der Waals surface area contributed by atoms with E-state index in [1.54, 1.807) is 0 Å². The van der Waals surface area contributed by atoms with E-state index in [-0.39, 0.29) is 11.9 Å². The Kier molecular flexibility index (Phi) is 4.91. The average Bonchev–Trinajstić information content (AvgIpc) is 3.29. The van der Waals surface area contributed by atoms with E-state index in [1.807, 2.05) is 71.2 Å². The fourth-order valence-corrected chi connectivity index (χ4v) is 4.24. The maximum absolute atomic E-state index is 13.1. The highest BCUT2D eigenvalue weighted by molar-refractivity contribution is 5.94. The first-order chi connectivity index (χ1) is 13.5. The quantitative estimate of drug-likeness (QED) is 0.734. The summed E-state index contributed by atoms with van der Waals surface area (Å²) in [6.07, 6.45) is 3.85. The highest BCUT2D eigenvalue weighted by atomic mass is 16.2. The first-order valence-corrected chi connectivity index (χ1v) is 9.78. The zero-order valence-corrected chi connectivity index (χ0v) is 16.8. The van der Waals surface area contributed by atoms with Crippen molar-refractivity contribution in [3.63, 3.8) is 0 Å². The standard InChI is InChI=1S/C22H27N5O/c1-14-21(15(2)25-24-14)16(3)26(4)22(28)18-10-11-20-23-19(13-27(20)12-18)17-8-6-5-7-9-17/h5-16,21,24-25H,1-4H3. The Bertz CT molecular complexity index is 973. The van der Waals surface area contributed by atoms with Gasteiger partial charge in [0.05, 0.1) is 11.3 Å². The molecule has 1 fully saturated rings. The van der Waals surface area contributed by atoms with Gasteiger partial charge in [-0.3, -0.25) is 15.6 Å². The van der Waals surface area contributed by atoms with Crippen LogP contribution < -0.4 is 10.9 Å². The molecule has 146 valence electrons. The minimum atomic E-state index is 0.0238. The number of amides is 1. The van der Waals surface area contributed by atoms with E-state index in [4.69, 9.17) is 0 Å². The number of fused-ring (bicyclic) bond motifs is 1. The van der Waals surface area contributed by atoms with Gasteiger partial charge in [0.2, 0.25) is 0 Å². The third-order valence-electron chi connectivity index (χ3n) is 5.95. The average molecular weight is 377 g/mol. The van der Waals surface area contributed by atoms with Crippen molar-refractivity contribution in [1.29, 1.82) is 0 Å². The van der Waals surface area contributed by atoms with Gasteiger partial charge in [-0.05, 0) is 32.9 Å². The van der Waals surface area contributed by atoms with Crippen molar-refractivity contribution in [2.24, 2.45) is 5.92 Å². The van der Waals surface area contributed by atoms with Crippen LogP contribution in [-0.4, -0.2) is 45.4 Å². The van der Waals surface area contributed by atoms with Gasteiger partial charge in [-0.1, -0.05) is 30.3 Å². The molecule has 3 unspecified atom stereocenters. The van der Waals surface area contributed by atoms with Crippen LogP contribution in [0.4, 0.5) is 0 Å². The number of nitrogens with one attached hydrogen (secondary N) is 2. The molecule has 28 heavy (non-hydrogen) atoms. The van der Waals surface area contributed by atoms with Crippen LogP contribution in [0.5, 0.6) is 0 Å². The van der Waals surface area contributed by atoms with Gasteiger partial charge in [0.15, 0.2) is 0 Å². The van der Waals surface area contributed by atoms with E-state index in [1.165, 1.54) is 0 Å². The van der Waals surface area contributed by atoms with Crippen LogP contribution in [0.1, 0.15) is 31.1 Å². The summed E-state index contributed by atoms with van der Waals surface area (Å²) < 4.78 is 1.93. The Morgan fingerprint density at radius 2 is 1.75 bits per heavy atom. The summed E-state index contributed by atoms with van der Waals surface area (Å²) >= 11 is 0. The Morgan fingerprint density at radius 3 is 2.43 bits per heavy atom. The van der Waals surface area contributed by atoms with Crippen LogP contribution in [-0.2, 0) is 0 Å². The smallest absolute Gasteiger partial charge is 0.255 e. The van der Waals surface area contributed by atoms with Crippen LogP contribution in [0.2, 0.25) is 0 Å². The Balaban J connectivity index is 1.59. The molecule has 2 aromatic heterocycles. The molecule has 6 nitrogen and oxygen atoms in total. The monoisotopic (exact) mass is 377 g/mol. The molecule has 1 saturated heterocycles. The summed E-state index contributed by atoms with van der Waals surface area (Å²) in [6, 6.07) is 14.6. The molecule has 0 radical (unpaired) electrons. The number of hydrogen-bond acceptors (Lipinski definition) is 4. The largest absolute Gasteiger partial charge is 0.339 e. The van der Waals surface area contributed by atoms with Crippen molar-refractivity contribution >= 4 is 11.6 Å². The van der Waals surface area contributed by atoms with Gasteiger partial charge in [0.1, 0.15) is 5.65 Å². The number of rotatable bonds is 4. The van der Waals surface area contributed by atoms with E-state index in [9.17, 15) is 4.79 Å². The lowest BCUT2D eigenvalue weighted by Crippen LogP contribution is -2.46. The lowest BCUT2D eigenvalue weighted by Gasteiger charge is -2.33. The normalized spacial score (nSPS) is 23.1. The number of imidazole rings is 1. The molecule has 1 aliphatic rings. The Morgan fingerprint density at radius 1 is 1.07 bits per heavy atom. The summed E-state index contributed by atoms with van der Waals surface area (Å²) in [7, 11) is 1.89. The summed E-state index contributed by atoms with van der Waals surface area (Å²) in [5.74, 6) is 0.367. The van der Waals surface area contributed by atoms with Crippen molar-refractivity contribution in [3.05, 3.63) is 60.4 Å². The predicted octanol–water partition coefficient (Wildman–Crippen LogP) is 2.96. The minimum Gasteiger partial charge on any atom is -0.339 e. The van der Waals surface area contributed by atoms with E-state index in [0.717, 1.165) is 16.9 Å². The van der Waals surface area contributed by atoms with E-state index >= 15 is 0 Å². The van der Waals surface area contributed by atoms with Crippen molar-refractivity contribution in [3.8, 4) is 11.3 Å². The number of hydrogen-bond donors (Lipinski definition) is 2. The van der Waals surface area contributed by atoms with Crippen LogP contribution in [0, 0.1) is 5.92 Å². The summed E-state index contributed by atoms with van der Waals surface area (Å²) in [5, 5.41) is 0. The molecule has 2 N–H and O–H groups in total. The van der Waals surface area contributed by atoms with Gasteiger partial charge < -0.3 is 9.30 Å². The molecule has 1 aliphatic heterocycles. The second kappa shape index (κ2) is 7.37. The summed E-state index contributed by atoms with van der Waals surface area (Å²) in [4.78, 5) is 19.6. The molecule has 1 aromatic carbocycles. The summed E-state index contributed by atoms with van der Waals surface area (Å²) in [5.41, 5.74) is 10.0. The van der Waals surface area contributed by atoms with E-state index in [0.29, 0.717) is 23.6 Å². The highest BCUT2D eigenvalue weighted by Crippen LogP contribution is 2.24. The van der Waals surface area contributed by atoms with Gasteiger partial charge >= 0.3 is 0 Å². The van der Waals surface area contributed by atoms with Gasteiger partial charge in [-0.2, -0.15) is 0 Å². The minimum absolute atomic E-state index is 0.0238. The van der Waals surface area contributed by atoms with Gasteiger partial charge in [0.25, 0.3) is 5.91 Å². The predicted molar refractivity (Wildman–Crippen MR) is 111 cm³/mol. The Hall–Kier alpha value is -2.70. The lowest BCUT2D eigenvalue weighted by atomic mass is 9.88. The number of hydrazine groups is 1. The molecular weight excluding hydrogens is 350 g/mol. The van der Waals surface area contributed by atoms with Crippen LogP contribution in [0.25, 0.3) is 16.9 Å².